The van der Waals surface area contributed by atoms with Crippen LogP contribution in [0.2, 0.25) is 0 Å². The van der Waals surface area contributed by atoms with Gasteiger partial charge in [0.2, 0.25) is 0 Å². The summed E-state index contributed by atoms with van der Waals surface area (Å²) >= 11 is 0. The predicted molar refractivity (Wildman–Crippen MR) is 44.0 cm³/mol. The minimum absolute atomic E-state index is 0.517. The van der Waals surface area contributed by atoms with E-state index in [0.29, 0.717) is 0 Å². The predicted octanol–water partition coefficient (Wildman–Crippen LogP) is 1.70. The molecule has 1 atom stereocenters. The quantitative estimate of drug-likeness (QED) is 0.582. The number of hydrogen-bond donors (Lipinski definition) is 1. The minimum Gasteiger partial charge on any atom is -0.313 e. The van der Waals surface area contributed by atoms with Crippen molar-refractivity contribution in [2.24, 2.45) is 5.50 Å². The van der Waals surface area contributed by atoms with Gasteiger partial charge in [-0.1, -0.05) is 26.8 Å². The van der Waals surface area contributed by atoms with Gasteiger partial charge < -0.3 is 5.50 Å². The van der Waals surface area contributed by atoms with E-state index in [9.17, 15) is 0 Å². The Hall–Kier alpha value is 0.260. The molecule has 0 fully saturated rings. The molecular formula is C6H16NP. The first-order chi connectivity index (χ1) is 3.81. The molecule has 0 bridgehead atoms. The van der Waals surface area contributed by atoms with Gasteiger partial charge >= 0.3 is 0 Å². The molecule has 0 rings (SSSR count). The van der Waals surface area contributed by atoms with Crippen LogP contribution in [0.5, 0.6) is 0 Å². The molecule has 1 unspecified atom stereocenters. The van der Waals surface area contributed by atoms with E-state index in [-0.39, 0.29) is 0 Å². The second kappa shape index (κ2) is 5.40. The summed E-state index contributed by atoms with van der Waals surface area (Å²) in [6.45, 7) is 4.26. The van der Waals surface area contributed by atoms with Crippen molar-refractivity contribution in [1.82, 2.24) is 0 Å². The Morgan fingerprint density at radius 2 is 2.25 bits per heavy atom. The molecule has 0 aromatic heterocycles. The average molecular weight is 133 g/mol. The summed E-state index contributed by atoms with van der Waals surface area (Å²) in [6, 6.07) is 0. The largest absolute Gasteiger partial charge is 0.313 e. The van der Waals surface area contributed by atoms with Crippen LogP contribution in [0.1, 0.15) is 26.7 Å². The highest BCUT2D eigenvalue weighted by Gasteiger charge is 1.82. The monoisotopic (exact) mass is 133 g/mol. The number of unbranched alkanes of at least 4 members (excludes halogenated alkanes) is 1. The van der Waals surface area contributed by atoms with Crippen molar-refractivity contribution in [3.63, 3.8) is 0 Å². The zero-order valence-corrected chi connectivity index (χ0v) is 6.78. The minimum atomic E-state index is -0.517. The van der Waals surface area contributed by atoms with Crippen molar-refractivity contribution < 1.29 is 0 Å². The summed E-state index contributed by atoms with van der Waals surface area (Å²) in [7, 11) is -0.517. The zero-order valence-electron chi connectivity index (χ0n) is 5.78. The van der Waals surface area contributed by atoms with Crippen molar-refractivity contribution in [1.29, 1.82) is 0 Å². The Bertz CT molecular complexity index is 78.6. The molecule has 8 heavy (non-hydrogen) atoms. The standard InChI is InChI=1S/C6H16NP/c1-3-5-6-8(7)4-2/h4,8H,3,5-7H2,1-2H3. The molecule has 2 N–H and O–H groups in total. The van der Waals surface area contributed by atoms with E-state index >= 15 is 0 Å². The Labute approximate surface area is 52.7 Å². The fraction of sp³-hybridized carbons (Fsp3) is 0.833. The summed E-state index contributed by atoms with van der Waals surface area (Å²) in [5.74, 6) is 2.15. The van der Waals surface area contributed by atoms with E-state index < -0.39 is 7.70 Å². The summed E-state index contributed by atoms with van der Waals surface area (Å²) in [5.41, 5.74) is 5.71. The number of nitrogens with two attached hydrogens (primary N) is 1. The van der Waals surface area contributed by atoms with E-state index in [2.05, 4.69) is 19.6 Å². The molecule has 0 amide bonds. The summed E-state index contributed by atoms with van der Waals surface area (Å²) < 4.78 is 0. The van der Waals surface area contributed by atoms with E-state index in [4.69, 9.17) is 5.50 Å². The number of rotatable bonds is 3. The van der Waals surface area contributed by atoms with Crippen LogP contribution >= 0.6 is 7.70 Å². The lowest BCUT2D eigenvalue weighted by molar-refractivity contribution is 0.893. The SMILES string of the molecule is CC=[PH](N)CCCC. The Morgan fingerprint density at radius 3 is 2.62 bits per heavy atom. The van der Waals surface area contributed by atoms with Crippen LogP contribution in [0.3, 0.4) is 0 Å². The lowest BCUT2D eigenvalue weighted by atomic mass is 10.4. The van der Waals surface area contributed by atoms with Gasteiger partial charge in [0.05, 0.1) is 0 Å². The first kappa shape index (κ1) is 8.26. The molecular weight excluding hydrogens is 117 g/mol. The van der Waals surface area contributed by atoms with Gasteiger partial charge in [0.25, 0.3) is 0 Å². The van der Waals surface area contributed by atoms with Gasteiger partial charge in [-0.05, 0) is 19.5 Å². The third kappa shape index (κ3) is 4.42. The van der Waals surface area contributed by atoms with Gasteiger partial charge in [-0.3, -0.25) is 0 Å². The van der Waals surface area contributed by atoms with Gasteiger partial charge in [0, 0.05) is 0 Å². The molecule has 0 aromatic rings. The zero-order chi connectivity index (χ0) is 6.41. The second-order valence-electron chi connectivity index (χ2n) is 1.97. The first-order valence-electron chi connectivity index (χ1n) is 3.22. The van der Waals surface area contributed by atoms with E-state index in [1.807, 2.05) is 0 Å². The molecule has 0 aromatic carbocycles. The van der Waals surface area contributed by atoms with Crippen molar-refractivity contribution in [2.75, 3.05) is 6.16 Å². The molecule has 0 aliphatic rings. The molecule has 0 aliphatic heterocycles. The highest BCUT2D eigenvalue weighted by molar-refractivity contribution is 7.54. The third-order valence-electron chi connectivity index (χ3n) is 1.19. The van der Waals surface area contributed by atoms with Crippen LogP contribution in [-0.2, 0) is 0 Å². The Kier molecular flexibility index (Phi) is 5.57. The number of hydrogen-bond acceptors (Lipinski definition) is 1. The molecule has 0 saturated heterocycles. The fourth-order valence-corrected chi connectivity index (χ4v) is 1.58. The van der Waals surface area contributed by atoms with E-state index in [1.165, 1.54) is 19.0 Å². The molecule has 0 saturated carbocycles. The molecule has 0 radical (unpaired) electrons. The van der Waals surface area contributed by atoms with Crippen molar-refractivity contribution in [3.05, 3.63) is 0 Å². The van der Waals surface area contributed by atoms with Crippen molar-refractivity contribution in [2.45, 2.75) is 26.7 Å². The van der Waals surface area contributed by atoms with Gasteiger partial charge in [-0.15, -0.1) is 0 Å². The summed E-state index contributed by atoms with van der Waals surface area (Å²) in [5, 5.41) is 0. The highest BCUT2D eigenvalue weighted by Crippen LogP contribution is 2.11. The summed E-state index contributed by atoms with van der Waals surface area (Å²) in [6.07, 6.45) is 3.83. The molecule has 0 heterocycles. The van der Waals surface area contributed by atoms with Crippen LogP contribution in [-0.4, -0.2) is 12.0 Å². The Balaban J connectivity index is 3.12. The van der Waals surface area contributed by atoms with Crippen LogP contribution < -0.4 is 5.50 Å². The second-order valence-corrected chi connectivity index (χ2v) is 4.19. The van der Waals surface area contributed by atoms with Crippen LogP contribution in [0.15, 0.2) is 0 Å². The molecule has 0 aliphatic carbocycles. The fourth-order valence-electron chi connectivity index (χ4n) is 0.525. The van der Waals surface area contributed by atoms with Gasteiger partial charge in [-0.25, -0.2) is 0 Å². The Morgan fingerprint density at radius 1 is 1.62 bits per heavy atom. The average Bonchev–Trinajstić information content (AvgIpc) is 1.83. The molecule has 0 spiro atoms. The van der Waals surface area contributed by atoms with E-state index in [0.717, 1.165) is 0 Å². The van der Waals surface area contributed by atoms with Gasteiger partial charge in [0.15, 0.2) is 0 Å². The smallest absolute Gasteiger partial charge is 0.0237 e. The van der Waals surface area contributed by atoms with E-state index in [1.54, 1.807) is 0 Å². The maximum absolute atomic E-state index is 5.71. The molecule has 2 heteroatoms. The van der Waals surface area contributed by atoms with Crippen molar-refractivity contribution >= 4 is 13.5 Å². The van der Waals surface area contributed by atoms with Gasteiger partial charge in [0.1, 0.15) is 0 Å². The summed E-state index contributed by atoms with van der Waals surface area (Å²) in [4.78, 5) is 0. The van der Waals surface area contributed by atoms with Gasteiger partial charge in [-0.2, -0.15) is 0 Å². The highest BCUT2D eigenvalue weighted by atomic mass is 31.1. The molecule has 1 nitrogen and oxygen atoms in total. The lowest BCUT2D eigenvalue weighted by Crippen LogP contribution is -1.86. The first-order valence-corrected chi connectivity index (χ1v) is 5.08. The normalized spacial score (nSPS) is 14.4. The third-order valence-corrected chi connectivity index (χ3v) is 2.86. The topological polar surface area (TPSA) is 26.0 Å². The lowest BCUT2D eigenvalue weighted by Gasteiger charge is -1.96. The maximum Gasteiger partial charge on any atom is -0.0237 e. The van der Waals surface area contributed by atoms with Crippen LogP contribution in [0, 0.1) is 0 Å². The van der Waals surface area contributed by atoms with Crippen LogP contribution in [0.25, 0.3) is 0 Å². The van der Waals surface area contributed by atoms with Crippen molar-refractivity contribution in [3.8, 4) is 0 Å². The van der Waals surface area contributed by atoms with Crippen LogP contribution in [0.4, 0.5) is 0 Å². The molecule has 50 valence electrons. The maximum atomic E-state index is 5.71.